The Labute approximate surface area is 95.1 Å². The number of carbonyl (C=O) groups excluding carboxylic acids is 1. The Bertz CT molecular complexity index is 274. The minimum absolute atomic E-state index is 0.0885. The first-order valence-electron chi connectivity index (χ1n) is 5.52. The third-order valence-electron chi connectivity index (χ3n) is 2.42. The largest absolute Gasteiger partial charge is 0.481 e. The lowest BCUT2D eigenvalue weighted by Gasteiger charge is -2.20. The molecule has 0 bridgehead atoms. The number of hydrogen-bond acceptors (Lipinski definition) is 2. The molecule has 0 spiro atoms. The van der Waals surface area contributed by atoms with Crippen LogP contribution in [0.2, 0.25) is 0 Å². The summed E-state index contributed by atoms with van der Waals surface area (Å²) in [4.78, 5) is 23.7. The average Bonchev–Trinajstić information content (AvgIpc) is 3.04. The van der Waals surface area contributed by atoms with Crippen molar-refractivity contribution >= 4 is 12.0 Å². The van der Waals surface area contributed by atoms with Crippen LogP contribution in [0.15, 0.2) is 12.7 Å². The average molecular weight is 226 g/mol. The minimum atomic E-state index is -0.834. The maximum Gasteiger partial charge on any atom is 0.317 e. The highest BCUT2D eigenvalue weighted by Gasteiger charge is 2.31. The zero-order chi connectivity index (χ0) is 12.0. The molecule has 0 unspecified atom stereocenters. The van der Waals surface area contributed by atoms with Crippen LogP contribution in [0.5, 0.6) is 0 Å². The minimum Gasteiger partial charge on any atom is -0.481 e. The highest BCUT2D eigenvalue weighted by Crippen LogP contribution is 2.26. The van der Waals surface area contributed by atoms with E-state index in [2.05, 4.69) is 11.9 Å². The van der Waals surface area contributed by atoms with Gasteiger partial charge in [-0.05, 0) is 19.3 Å². The predicted molar refractivity (Wildman–Crippen MR) is 60.2 cm³/mol. The molecule has 1 aliphatic rings. The van der Waals surface area contributed by atoms with Gasteiger partial charge >= 0.3 is 12.0 Å². The van der Waals surface area contributed by atoms with E-state index in [1.807, 2.05) is 0 Å². The first-order chi connectivity index (χ1) is 7.65. The second-order valence-corrected chi connectivity index (χ2v) is 3.90. The Hall–Kier alpha value is -1.52. The molecule has 2 N–H and O–H groups in total. The Morgan fingerprint density at radius 2 is 2.19 bits per heavy atom. The van der Waals surface area contributed by atoms with E-state index in [-0.39, 0.29) is 12.5 Å². The summed E-state index contributed by atoms with van der Waals surface area (Å²) >= 11 is 0. The van der Waals surface area contributed by atoms with Crippen LogP contribution >= 0.6 is 0 Å². The fourth-order valence-corrected chi connectivity index (χ4v) is 1.46. The lowest BCUT2D eigenvalue weighted by atomic mass is 10.3. The summed E-state index contributed by atoms with van der Waals surface area (Å²) in [5.74, 6) is -0.834. The third kappa shape index (κ3) is 4.33. The first-order valence-corrected chi connectivity index (χ1v) is 5.52. The quantitative estimate of drug-likeness (QED) is 0.506. The molecule has 0 aromatic rings. The van der Waals surface area contributed by atoms with E-state index in [1.165, 1.54) is 0 Å². The molecule has 0 aromatic carbocycles. The van der Waals surface area contributed by atoms with Gasteiger partial charge < -0.3 is 15.3 Å². The van der Waals surface area contributed by atoms with E-state index >= 15 is 0 Å². The van der Waals surface area contributed by atoms with Crippen molar-refractivity contribution in [3.05, 3.63) is 12.7 Å². The molecular weight excluding hydrogens is 208 g/mol. The molecule has 1 aliphatic carbocycles. The summed E-state index contributed by atoms with van der Waals surface area (Å²) in [6.45, 7) is 4.57. The fraction of sp³-hybridized carbons (Fsp3) is 0.636. The molecule has 0 radical (unpaired) electrons. The molecule has 2 amide bonds. The summed E-state index contributed by atoms with van der Waals surface area (Å²) < 4.78 is 0. The summed E-state index contributed by atoms with van der Waals surface area (Å²) in [7, 11) is 0. The lowest BCUT2D eigenvalue weighted by Crippen LogP contribution is -2.41. The van der Waals surface area contributed by atoms with Gasteiger partial charge in [-0.2, -0.15) is 0 Å². The van der Waals surface area contributed by atoms with Gasteiger partial charge in [0.05, 0.1) is 0 Å². The van der Waals surface area contributed by atoms with Gasteiger partial charge in [-0.25, -0.2) is 4.79 Å². The van der Waals surface area contributed by atoms with Crippen molar-refractivity contribution in [2.75, 3.05) is 13.1 Å². The number of carbonyl (C=O) groups is 2. The SMILES string of the molecule is C=CCN(C(=O)NCCCC(=O)O)C1CC1. The molecule has 0 aromatic heterocycles. The summed E-state index contributed by atoms with van der Waals surface area (Å²) in [6.07, 6.45) is 4.36. The van der Waals surface area contributed by atoms with Gasteiger partial charge in [0.25, 0.3) is 0 Å². The number of carboxylic acids is 1. The molecule has 1 rings (SSSR count). The molecule has 5 heteroatoms. The van der Waals surface area contributed by atoms with Gasteiger partial charge in [0.15, 0.2) is 0 Å². The second-order valence-electron chi connectivity index (χ2n) is 3.90. The van der Waals surface area contributed by atoms with E-state index in [0.717, 1.165) is 12.8 Å². The zero-order valence-corrected chi connectivity index (χ0v) is 9.32. The van der Waals surface area contributed by atoms with Gasteiger partial charge in [-0.3, -0.25) is 4.79 Å². The molecule has 0 heterocycles. The van der Waals surface area contributed by atoms with Gasteiger partial charge in [0, 0.05) is 25.6 Å². The Kier molecular flexibility index (Phi) is 4.82. The smallest absolute Gasteiger partial charge is 0.317 e. The van der Waals surface area contributed by atoms with Crippen LogP contribution in [0.3, 0.4) is 0 Å². The standard InChI is InChI=1S/C11H18N2O3/c1-2-8-13(9-5-6-9)11(16)12-7-3-4-10(14)15/h2,9H,1,3-8H2,(H,12,16)(H,14,15). The van der Waals surface area contributed by atoms with Crippen molar-refractivity contribution in [2.24, 2.45) is 0 Å². The number of urea groups is 1. The maximum atomic E-state index is 11.7. The van der Waals surface area contributed by atoms with Crippen LogP contribution in [0, 0.1) is 0 Å². The van der Waals surface area contributed by atoms with Crippen molar-refractivity contribution in [3.8, 4) is 0 Å². The van der Waals surface area contributed by atoms with Crippen molar-refractivity contribution in [3.63, 3.8) is 0 Å². The number of nitrogens with one attached hydrogen (secondary N) is 1. The van der Waals surface area contributed by atoms with Crippen molar-refractivity contribution in [1.29, 1.82) is 0 Å². The summed E-state index contributed by atoms with van der Waals surface area (Å²) in [6, 6.07) is 0.227. The van der Waals surface area contributed by atoms with Crippen molar-refractivity contribution < 1.29 is 14.7 Å². The molecule has 1 fully saturated rings. The normalized spacial score (nSPS) is 14.2. The summed E-state index contributed by atoms with van der Waals surface area (Å²) in [5, 5.41) is 11.2. The molecule has 1 saturated carbocycles. The first kappa shape index (κ1) is 12.5. The van der Waals surface area contributed by atoms with Crippen LogP contribution in [0.25, 0.3) is 0 Å². The number of carboxylic acid groups (broad SMARTS) is 1. The molecule has 90 valence electrons. The van der Waals surface area contributed by atoms with Crippen molar-refractivity contribution in [1.82, 2.24) is 10.2 Å². The maximum absolute atomic E-state index is 11.7. The molecule has 0 atom stereocenters. The molecular formula is C11H18N2O3. The number of rotatable bonds is 7. The molecule has 0 aliphatic heterocycles. The van der Waals surface area contributed by atoms with Crippen LogP contribution in [0.1, 0.15) is 25.7 Å². The monoisotopic (exact) mass is 226 g/mol. The van der Waals surface area contributed by atoms with Crippen LogP contribution < -0.4 is 5.32 Å². The highest BCUT2D eigenvalue weighted by atomic mass is 16.4. The van der Waals surface area contributed by atoms with E-state index < -0.39 is 5.97 Å². The summed E-state index contributed by atoms with van der Waals surface area (Å²) in [5.41, 5.74) is 0. The fourth-order valence-electron chi connectivity index (χ4n) is 1.46. The van der Waals surface area contributed by atoms with Gasteiger partial charge in [-0.15, -0.1) is 6.58 Å². The predicted octanol–water partition coefficient (Wildman–Crippen LogP) is 1.21. The molecule has 5 nitrogen and oxygen atoms in total. The van der Waals surface area contributed by atoms with E-state index in [9.17, 15) is 9.59 Å². The van der Waals surface area contributed by atoms with Gasteiger partial charge in [-0.1, -0.05) is 6.08 Å². The Morgan fingerprint density at radius 1 is 1.50 bits per heavy atom. The number of amides is 2. The van der Waals surface area contributed by atoms with Gasteiger partial charge in [0.1, 0.15) is 0 Å². The third-order valence-corrected chi connectivity index (χ3v) is 2.42. The van der Waals surface area contributed by atoms with E-state index in [1.54, 1.807) is 11.0 Å². The lowest BCUT2D eigenvalue weighted by molar-refractivity contribution is -0.137. The van der Waals surface area contributed by atoms with Crippen LogP contribution in [0.4, 0.5) is 4.79 Å². The molecule has 0 saturated heterocycles. The topological polar surface area (TPSA) is 69.6 Å². The van der Waals surface area contributed by atoms with Gasteiger partial charge in [0.2, 0.25) is 0 Å². The number of nitrogens with zero attached hydrogens (tertiary/aromatic N) is 1. The van der Waals surface area contributed by atoms with Crippen LogP contribution in [-0.2, 0) is 4.79 Å². The Morgan fingerprint density at radius 3 is 2.69 bits per heavy atom. The van der Waals surface area contributed by atoms with Crippen LogP contribution in [-0.4, -0.2) is 41.1 Å². The Balaban J connectivity index is 2.21. The number of hydrogen-bond donors (Lipinski definition) is 2. The molecule has 16 heavy (non-hydrogen) atoms. The number of aliphatic carboxylic acids is 1. The van der Waals surface area contributed by atoms with Crippen molar-refractivity contribution in [2.45, 2.75) is 31.7 Å². The van der Waals surface area contributed by atoms with E-state index in [0.29, 0.717) is 25.6 Å². The van der Waals surface area contributed by atoms with E-state index in [4.69, 9.17) is 5.11 Å². The second kappa shape index (κ2) is 6.15. The highest BCUT2D eigenvalue weighted by molar-refractivity contribution is 5.75. The zero-order valence-electron chi connectivity index (χ0n) is 9.32.